The number of hydrogen-bond donors (Lipinski definition) is 2. The van der Waals surface area contributed by atoms with Gasteiger partial charge in [-0.25, -0.2) is 0 Å². The number of esters is 1. The lowest BCUT2D eigenvalue weighted by molar-refractivity contribution is -0.157. The Morgan fingerprint density at radius 3 is 2.32 bits per heavy atom. The van der Waals surface area contributed by atoms with Crippen LogP contribution in [0, 0.1) is 5.92 Å². The van der Waals surface area contributed by atoms with Gasteiger partial charge in [-0.2, -0.15) is 0 Å². The molecule has 162 valence electrons. The summed E-state index contributed by atoms with van der Waals surface area (Å²) in [5.41, 5.74) is 6.93. The number of primary amides is 1. The number of rotatable bonds is 7. The Hall–Kier alpha value is -3.68. The standard InChI is InChI=1S/C23H25N3O5/c1-14(16-6-4-3-5-7-16)26-13-18(12-20(26)27)23(30)31-15(2)22(29)25-19-10-8-17(9-11-19)21(24)28/h3-11,14-15,18H,12-13H2,1-2H3,(H2,24,28)(H,25,29)/t14-,15+,18-/m1/s1. The topological polar surface area (TPSA) is 119 Å². The highest BCUT2D eigenvalue weighted by Gasteiger charge is 2.38. The zero-order valence-corrected chi connectivity index (χ0v) is 17.4. The van der Waals surface area contributed by atoms with Gasteiger partial charge in [0.05, 0.1) is 12.0 Å². The highest BCUT2D eigenvalue weighted by Crippen LogP contribution is 2.29. The van der Waals surface area contributed by atoms with Crippen molar-refractivity contribution in [2.24, 2.45) is 11.7 Å². The number of amides is 3. The maximum atomic E-state index is 12.5. The molecule has 1 saturated heterocycles. The van der Waals surface area contributed by atoms with Crippen molar-refractivity contribution in [3.05, 3.63) is 65.7 Å². The highest BCUT2D eigenvalue weighted by atomic mass is 16.5. The molecule has 0 aliphatic carbocycles. The normalized spacial score (nSPS) is 17.7. The van der Waals surface area contributed by atoms with Crippen LogP contribution >= 0.6 is 0 Å². The van der Waals surface area contributed by atoms with Crippen LogP contribution in [0.15, 0.2) is 54.6 Å². The Bertz CT molecular complexity index is 974. The van der Waals surface area contributed by atoms with Gasteiger partial charge in [0.2, 0.25) is 11.8 Å². The summed E-state index contributed by atoms with van der Waals surface area (Å²) in [5.74, 6) is -2.41. The third kappa shape index (κ3) is 5.28. The Labute approximate surface area is 180 Å². The third-order valence-corrected chi connectivity index (χ3v) is 5.34. The number of benzene rings is 2. The van der Waals surface area contributed by atoms with E-state index in [2.05, 4.69) is 5.32 Å². The summed E-state index contributed by atoms with van der Waals surface area (Å²) in [4.78, 5) is 50.1. The van der Waals surface area contributed by atoms with Crippen molar-refractivity contribution in [3.8, 4) is 0 Å². The molecule has 0 bridgehead atoms. The zero-order valence-electron chi connectivity index (χ0n) is 17.4. The van der Waals surface area contributed by atoms with E-state index in [0.29, 0.717) is 11.3 Å². The molecule has 8 heteroatoms. The number of nitrogens with two attached hydrogens (primary N) is 1. The van der Waals surface area contributed by atoms with Gasteiger partial charge in [0, 0.05) is 24.2 Å². The Morgan fingerprint density at radius 2 is 1.71 bits per heavy atom. The molecule has 1 fully saturated rings. The minimum Gasteiger partial charge on any atom is -0.452 e. The van der Waals surface area contributed by atoms with Crippen LogP contribution < -0.4 is 11.1 Å². The Morgan fingerprint density at radius 1 is 1.06 bits per heavy atom. The van der Waals surface area contributed by atoms with Crippen LogP contribution in [0.4, 0.5) is 5.69 Å². The third-order valence-electron chi connectivity index (χ3n) is 5.34. The van der Waals surface area contributed by atoms with Crippen molar-refractivity contribution in [1.82, 2.24) is 4.90 Å². The maximum Gasteiger partial charge on any atom is 0.312 e. The average molecular weight is 423 g/mol. The summed E-state index contributed by atoms with van der Waals surface area (Å²) >= 11 is 0. The number of ether oxygens (including phenoxy) is 1. The number of carbonyl (C=O) groups is 4. The first kappa shape index (κ1) is 22.0. The van der Waals surface area contributed by atoms with Crippen molar-refractivity contribution in [3.63, 3.8) is 0 Å². The zero-order chi connectivity index (χ0) is 22.5. The van der Waals surface area contributed by atoms with Gasteiger partial charge >= 0.3 is 5.97 Å². The molecule has 2 aromatic carbocycles. The molecular weight excluding hydrogens is 398 g/mol. The fraction of sp³-hybridized carbons (Fsp3) is 0.304. The molecule has 31 heavy (non-hydrogen) atoms. The summed E-state index contributed by atoms with van der Waals surface area (Å²) in [6, 6.07) is 15.5. The Kier molecular flexibility index (Phi) is 6.69. The van der Waals surface area contributed by atoms with E-state index in [-0.39, 0.29) is 24.9 Å². The molecule has 3 atom stereocenters. The quantitative estimate of drug-likeness (QED) is 0.662. The van der Waals surface area contributed by atoms with E-state index in [1.54, 1.807) is 4.90 Å². The second-order valence-electron chi connectivity index (χ2n) is 7.54. The van der Waals surface area contributed by atoms with E-state index in [1.807, 2.05) is 37.3 Å². The lowest BCUT2D eigenvalue weighted by atomic mass is 10.1. The maximum absolute atomic E-state index is 12.5. The molecule has 0 saturated carbocycles. The van der Waals surface area contributed by atoms with E-state index < -0.39 is 29.8 Å². The number of nitrogens with one attached hydrogen (secondary N) is 1. The van der Waals surface area contributed by atoms with Gasteiger partial charge in [-0.1, -0.05) is 30.3 Å². The van der Waals surface area contributed by atoms with Gasteiger partial charge in [0.1, 0.15) is 0 Å². The number of anilines is 1. The number of likely N-dealkylation sites (tertiary alicyclic amines) is 1. The summed E-state index contributed by atoms with van der Waals surface area (Å²) < 4.78 is 5.31. The van der Waals surface area contributed by atoms with Gasteiger partial charge < -0.3 is 20.7 Å². The van der Waals surface area contributed by atoms with E-state index in [0.717, 1.165) is 5.56 Å². The van der Waals surface area contributed by atoms with Gasteiger partial charge in [0.25, 0.3) is 5.91 Å². The molecule has 3 rings (SSSR count). The molecule has 0 unspecified atom stereocenters. The summed E-state index contributed by atoms with van der Waals surface area (Å²) in [6.07, 6.45) is -0.988. The molecule has 0 spiro atoms. The first-order valence-corrected chi connectivity index (χ1v) is 10.0. The van der Waals surface area contributed by atoms with Gasteiger partial charge in [-0.15, -0.1) is 0 Å². The van der Waals surface area contributed by atoms with Crippen molar-refractivity contribution < 1.29 is 23.9 Å². The lowest BCUT2D eigenvalue weighted by Gasteiger charge is -2.25. The smallest absolute Gasteiger partial charge is 0.312 e. The summed E-state index contributed by atoms with van der Waals surface area (Å²) in [7, 11) is 0. The van der Waals surface area contributed by atoms with Gasteiger partial charge in [-0.3, -0.25) is 19.2 Å². The minimum atomic E-state index is -1.04. The van der Waals surface area contributed by atoms with Crippen LogP contribution in [-0.2, 0) is 19.1 Å². The fourth-order valence-electron chi connectivity index (χ4n) is 3.46. The van der Waals surface area contributed by atoms with Crippen molar-refractivity contribution in [2.75, 3.05) is 11.9 Å². The van der Waals surface area contributed by atoms with Crippen molar-refractivity contribution in [2.45, 2.75) is 32.4 Å². The monoisotopic (exact) mass is 423 g/mol. The molecule has 1 aliphatic rings. The molecule has 8 nitrogen and oxygen atoms in total. The van der Waals surface area contributed by atoms with Crippen molar-refractivity contribution in [1.29, 1.82) is 0 Å². The summed E-state index contributed by atoms with van der Waals surface area (Å²) in [6.45, 7) is 3.63. The SMILES string of the molecule is C[C@H](OC(=O)[C@@H]1CC(=O)N([C@H](C)c2ccccc2)C1)C(=O)Nc1ccc(C(N)=O)cc1. The average Bonchev–Trinajstić information content (AvgIpc) is 3.15. The lowest BCUT2D eigenvalue weighted by Crippen LogP contribution is -2.33. The molecule has 2 aromatic rings. The molecule has 0 aromatic heterocycles. The van der Waals surface area contributed by atoms with Crippen molar-refractivity contribution >= 4 is 29.4 Å². The van der Waals surface area contributed by atoms with E-state index in [1.165, 1.54) is 31.2 Å². The van der Waals surface area contributed by atoms with E-state index in [4.69, 9.17) is 10.5 Å². The van der Waals surface area contributed by atoms with Crippen LogP contribution in [0.5, 0.6) is 0 Å². The predicted molar refractivity (Wildman–Crippen MR) is 114 cm³/mol. The second-order valence-corrected chi connectivity index (χ2v) is 7.54. The van der Waals surface area contributed by atoms with Crippen LogP contribution in [0.3, 0.4) is 0 Å². The molecule has 1 aliphatic heterocycles. The molecular formula is C23H25N3O5. The molecule has 3 amide bonds. The fourth-order valence-corrected chi connectivity index (χ4v) is 3.46. The molecule has 1 heterocycles. The van der Waals surface area contributed by atoms with Gasteiger partial charge in [0.15, 0.2) is 6.10 Å². The first-order chi connectivity index (χ1) is 14.8. The van der Waals surface area contributed by atoms with Crippen LogP contribution in [0.1, 0.15) is 42.2 Å². The van der Waals surface area contributed by atoms with Crippen LogP contribution in [-0.4, -0.2) is 41.2 Å². The number of hydrogen-bond acceptors (Lipinski definition) is 5. The van der Waals surface area contributed by atoms with Gasteiger partial charge in [-0.05, 0) is 43.7 Å². The number of nitrogens with zero attached hydrogens (tertiary/aromatic N) is 1. The number of carbonyl (C=O) groups excluding carboxylic acids is 4. The summed E-state index contributed by atoms with van der Waals surface area (Å²) in [5, 5.41) is 2.62. The largest absolute Gasteiger partial charge is 0.452 e. The van der Waals surface area contributed by atoms with Crippen LogP contribution in [0.2, 0.25) is 0 Å². The minimum absolute atomic E-state index is 0.0545. The Balaban J connectivity index is 1.55. The van der Waals surface area contributed by atoms with E-state index >= 15 is 0 Å². The molecule has 3 N–H and O–H groups in total. The highest BCUT2D eigenvalue weighted by molar-refractivity contribution is 5.97. The first-order valence-electron chi connectivity index (χ1n) is 10.0. The predicted octanol–water partition coefficient (Wildman–Crippen LogP) is 2.27. The van der Waals surface area contributed by atoms with Crippen LogP contribution in [0.25, 0.3) is 0 Å². The molecule has 0 radical (unpaired) electrons. The van der Waals surface area contributed by atoms with E-state index in [9.17, 15) is 19.2 Å². The second kappa shape index (κ2) is 9.42.